The molecule has 6 heteroatoms. The predicted molar refractivity (Wildman–Crippen MR) is 122 cm³/mol. The molecule has 3 rings (SSSR count). The Morgan fingerprint density at radius 2 is 1.73 bits per heavy atom. The van der Waals surface area contributed by atoms with Gasteiger partial charge in [0.15, 0.2) is 17.5 Å². The van der Waals surface area contributed by atoms with Crippen LogP contribution in [0, 0.1) is 0 Å². The molecular formula is C24H34N4O2. The molecule has 2 aromatic rings. The van der Waals surface area contributed by atoms with Crippen molar-refractivity contribution >= 4 is 5.96 Å². The summed E-state index contributed by atoms with van der Waals surface area (Å²) in [7, 11) is 3.29. The molecule has 1 aliphatic rings. The number of rotatable bonds is 9. The predicted octanol–water partition coefficient (Wildman–Crippen LogP) is 3.34. The lowest BCUT2D eigenvalue weighted by atomic mass is 10.1. The molecule has 162 valence electrons. The maximum atomic E-state index is 6.11. The molecule has 30 heavy (non-hydrogen) atoms. The summed E-state index contributed by atoms with van der Waals surface area (Å²) in [5.41, 5.74) is 9.85. The van der Waals surface area contributed by atoms with Gasteiger partial charge in [0.25, 0.3) is 0 Å². The molecule has 0 aliphatic carbocycles. The SMILES string of the molecule is COc1ccc(CCNC(N)=NCc2ccccc2CN2CCCCC2)cc1OC. The fraction of sp³-hybridized carbons (Fsp3) is 0.458. The monoisotopic (exact) mass is 410 g/mol. The molecule has 1 aliphatic heterocycles. The van der Waals surface area contributed by atoms with Gasteiger partial charge in [-0.1, -0.05) is 36.8 Å². The van der Waals surface area contributed by atoms with E-state index in [1.165, 1.54) is 43.5 Å². The number of hydrogen-bond donors (Lipinski definition) is 2. The Hall–Kier alpha value is -2.73. The van der Waals surface area contributed by atoms with Crippen molar-refractivity contribution in [3.63, 3.8) is 0 Å². The van der Waals surface area contributed by atoms with E-state index in [1.54, 1.807) is 14.2 Å². The highest BCUT2D eigenvalue weighted by molar-refractivity contribution is 5.77. The summed E-state index contributed by atoms with van der Waals surface area (Å²) in [6, 6.07) is 14.5. The van der Waals surface area contributed by atoms with Crippen molar-refractivity contribution in [1.82, 2.24) is 10.2 Å². The first-order valence-electron chi connectivity index (χ1n) is 10.7. The van der Waals surface area contributed by atoms with E-state index in [1.807, 2.05) is 18.2 Å². The Bertz CT molecular complexity index is 832. The molecule has 3 N–H and O–H groups in total. The van der Waals surface area contributed by atoms with Crippen molar-refractivity contribution in [3.05, 3.63) is 59.2 Å². The first-order valence-corrected chi connectivity index (χ1v) is 10.7. The number of nitrogens with two attached hydrogens (primary N) is 1. The lowest BCUT2D eigenvalue weighted by Crippen LogP contribution is -2.33. The molecule has 1 heterocycles. The summed E-state index contributed by atoms with van der Waals surface area (Å²) in [5, 5.41) is 3.21. The third-order valence-electron chi connectivity index (χ3n) is 5.55. The zero-order valence-electron chi connectivity index (χ0n) is 18.2. The normalized spacial score (nSPS) is 15.1. The van der Waals surface area contributed by atoms with Crippen LogP contribution in [0.4, 0.5) is 0 Å². The largest absolute Gasteiger partial charge is 0.493 e. The molecule has 0 aromatic heterocycles. The number of nitrogens with one attached hydrogen (secondary N) is 1. The van der Waals surface area contributed by atoms with Crippen molar-refractivity contribution in [3.8, 4) is 11.5 Å². The van der Waals surface area contributed by atoms with Gasteiger partial charge in [0.2, 0.25) is 0 Å². The van der Waals surface area contributed by atoms with Gasteiger partial charge in [-0.15, -0.1) is 0 Å². The van der Waals surface area contributed by atoms with E-state index in [0.717, 1.165) is 30.0 Å². The number of likely N-dealkylation sites (tertiary alicyclic amines) is 1. The molecule has 2 aromatic carbocycles. The van der Waals surface area contributed by atoms with E-state index in [2.05, 4.69) is 39.5 Å². The van der Waals surface area contributed by atoms with E-state index in [0.29, 0.717) is 19.0 Å². The number of ether oxygens (including phenoxy) is 2. The van der Waals surface area contributed by atoms with Crippen molar-refractivity contribution in [2.75, 3.05) is 33.9 Å². The maximum absolute atomic E-state index is 6.11. The molecule has 0 radical (unpaired) electrons. The zero-order valence-corrected chi connectivity index (χ0v) is 18.2. The van der Waals surface area contributed by atoms with Gasteiger partial charge >= 0.3 is 0 Å². The topological polar surface area (TPSA) is 72.1 Å². The molecule has 0 unspecified atom stereocenters. The number of benzene rings is 2. The Balaban J connectivity index is 1.51. The number of guanidine groups is 1. The standard InChI is InChI=1S/C24H34N4O2/c1-29-22-11-10-19(16-23(22)30-2)12-13-26-24(25)27-17-20-8-4-5-9-21(20)18-28-14-6-3-7-15-28/h4-5,8-11,16H,3,6-7,12-15,17-18H2,1-2H3,(H3,25,26,27). The Labute approximate surface area is 180 Å². The summed E-state index contributed by atoms with van der Waals surface area (Å²) in [6.07, 6.45) is 4.78. The van der Waals surface area contributed by atoms with Crippen LogP contribution in [-0.4, -0.2) is 44.7 Å². The Morgan fingerprint density at radius 3 is 2.47 bits per heavy atom. The second kappa shape index (κ2) is 11.5. The number of aliphatic imine (C=N–C) groups is 1. The first-order chi connectivity index (χ1) is 14.7. The van der Waals surface area contributed by atoms with E-state index >= 15 is 0 Å². The van der Waals surface area contributed by atoms with Gasteiger partial charge in [-0.3, -0.25) is 4.90 Å². The fourth-order valence-electron chi connectivity index (χ4n) is 3.82. The van der Waals surface area contributed by atoms with Crippen LogP contribution in [0.2, 0.25) is 0 Å². The van der Waals surface area contributed by atoms with Crippen molar-refractivity contribution in [2.45, 2.75) is 38.8 Å². The summed E-state index contributed by atoms with van der Waals surface area (Å²) in [6.45, 7) is 4.69. The minimum atomic E-state index is 0.475. The summed E-state index contributed by atoms with van der Waals surface area (Å²) >= 11 is 0. The molecule has 1 saturated heterocycles. The fourth-order valence-corrected chi connectivity index (χ4v) is 3.82. The first kappa shape index (κ1) is 22.0. The molecule has 6 nitrogen and oxygen atoms in total. The summed E-state index contributed by atoms with van der Waals surface area (Å²) < 4.78 is 10.6. The number of piperidine rings is 1. The van der Waals surface area contributed by atoms with E-state index < -0.39 is 0 Å². The van der Waals surface area contributed by atoms with Crippen LogP contribution in [0.3, 0.4) is 0 Å². The molecule has 0 spiro atoms. The van der Waals surface area contributed by atoms with Crippen molar-refractivity contribution in [1.29, 1.82) is 0 Å². The summed E-state index contributed by atoms with van der Waals surface area (Å²) in [4.78, 5) is 7.10. The molecule has 0 bridgehead atoms. The van der Waals surface area contributed by atoms with Crippen LogP contribution in [0.1, 0.15) is 36.0 Å². The van der Waals surface area contributed by atoms with Gasteiger partial charge < -0.3 is 20.5 Å². The minimum absolute atomic E-state index is 0.475. The smallest absolute Gasteiger partial charge is 0.188 e. The van der Waals surface area contributed by atoms with E-state index in [-0.39, 0.29) is 0 Å². The van der Waals surface area contributed by atoms with Gasteiger partial charge in [-0.2, -0.15) is 0 Å². The second-order valence-electron chi connectivity index (χ2n) is 7.67. The van der Waals surface area contributed by atoms with Crippen LogP contribution in [-0.2, 0) is 19.5 Å². The Kier molecular flexibility index (Phi) is 8.39. The summed E-state index contributed by atoms with van der Waals surface area (Å²) in [5.74, 6) is 1.95. The van der Waals surface area contributed by atoms with Crippen molar-refractivity contribution < 1.29 is 9.47 Å². The molecule has 0 amide bonds. The van der Waals surface area contributed by atoms with Gasteiger partial charge in [-0.25, -0.2) is 4.99 Å². The lowest BCUT2D eigenvalue weighted by molar-refractivity contribution is 0.220. The van der Waals surface area contributed by atoms with Gasteiger partial charge in [0, 0.05) is 13.1 Å². The van der Waals surface area contributed by atoms with Crippen LogP contribution in [0.5, 0.6) is 11.5 Å². The number of nitrogens with zero attached hydrogens (tertiary/aromatic N) is 2. The molecular weight excluding hydrogens is 376 g/mol. The average Bonchev–Trinajstić information content (AvgIpc) is 2.79. The third-order valence-corrected chi connectivity index (χ3v) is 5.55. The van der Waals surface area contributed by atoms with E-state index in [9.17, 15) is 0 Å². The highest BCUT2D eigenvalue weighted by atomic mass is 16.5. The average molecular weight is 411 g/mol. The lowest BCUT2D eigenvalue weighted by Gasteiger charge is -2.27. The highest BCUT2D eigenvalue weighted by Crippen LogP contribution is 2.27. The molecule has 0 saturated carbocycles. The van der Waals surface area contributed by atoms with Crippen molar-refractivity contribution in [2.24, 2.45) is 10.7 Å². The second-order valence-corrected chi connectivity index (χ2v) is 7.67. The molecule has 1 fully saturated rings. The quantitative estimate of drug-likeness (QED) is 0.490. The molecule has 0 atom stereocenters. The zero-order chi connectivity index (χ0) is 21.2. The minimum Gasteiger partial charge on any atom is -0.493 e. The highest BCUT2D eigenvalue weighted by Gasteiger charge is 2.12. The van der Waals surface area contributed by atoms with Crippen LogP contribution >= 0.6 is 0 Å². The number of hydrogen-bond acceptors (Lipinski definition) is 4. The van der Waals surface area contributed by atoms with Crippen LogP contribution < -0.4 is 20.5 Å². The van der Waals surface area contributed by atoms with Crippen LogP contribution in [0.25, 0.3) is 0 Å². The Morgan fingerprint density at radius 1 is 1.00 bits per heavy atom. The van der Waals surface area contributed by atoms with Crippen LogP contribution in [0.15, 0.2) is 47.5 Å². The van der Waals surface area contributed by atoms with E-state index in [4.69, 9.17) is 15.2 Å². The van der Waals surface area contributed by atoms with Gasteiger partial charge in [-0.05, 0) is 61.2 Å². The third kappa shape index (κ3) is 6.39. The number of methoxy groups -OCH3 is 2. The maximum Gasteiger partial charge on any atom is 0.188 e. The van der Waals surface area contributed by atoms with Gasteiger partial charge in [0.1, 0.15) is 0 Å². The van der Waals surface area contributed by atoms with Gasteiger partial charge in [0.05, 0.1) is 20.8 Å².